The van der Waals surface area contributed by atoms with Crippen LogP contribution in [-0.4, -0.2) is 49.2 Å². The predicted molar refractivity (Wildman–Crippen MR) is 127 cm³/mol. The number of alkyl halides is 3. The monoisotopic (exact) mass is 496 g/mol. The summed E-state index contributed by atoms with van der Waals surface area (Å²) in [4.78, 5) is 21.6. The lowest BCUT2D eigenvalue weighted by atomic mass is 10.1. The zero-order valence-corrected chi connectivity index (χ0v) is 19.5. The van der Waals surface area contributed by atoms with Crippen molar-refractivity contribution in [3.8, 4) is 17.3 Å². The van der Waals surface area contributed by atoms with Gasteiger partial charge in [0.2, 0.25) is 0 Å². The molecule has 0 aliphatic carbocycles. The van der Waals surface area contributed by atoms with E-state index in [1.54, 1.807) is 26.0 Å². The molecule has 0 aliphatic heterocycles. The van der Waals surface area contributed by atoms with Crippen LogP contribution in [0.25, 0.3) is 16.9 Å². The maximum absolute atomic E-state index is 14.1. The number of carbonyl (C=O) groups excluding carboxylic acids is 1. The summed E-state index contributed by atoms with van der Waals surface area (Å²) in [5.74, 6) is -0.800. The summed E-state index contributed by atoms with van der Waals surface area (Å²) in [5.41, 5.74) is 2.72. The van der Waals surface area contributed by atoms with Crippen molar-refractivity contribution in [1.29, 1.82) is 5.26 Å². The molecule has 1 amide bonds. The molecule has 0 fully saturated rings. The molecular formula is C24H23F3N8O. The molecule has 186 valence electrons. The van der Waals surface area contributed by atoms with Gasteiger partial charge in [0.05, 0.1) is 52.7 Å². The second kappa shape index (κ2) is 10.5. The fourth-order valence-electron chi connectivity index (χ4n) is 3.46. The van der Waals surface area contributed by atoms with Gasteiger partial charge < -0.3 is 15.2 Å². The van der Waals surface area contributed by atoms with Crippen molar-refractivity contribution in [2.24, 2.45) is 5.92 Å². The zero-order valence-electron chi connectivity index (χ0n) is 19.5. The second-order valence-electron chi connectivity index (χ2n) is 8.48. The molecular weight excluding hydrogens is 473 g/mol. The van der Waals surface area contributed by atoms with Gasteiger partial charge in [-0.15, -0.1) is 0 Å². The van der Waals surface area contributed by atoms with E-state index in [0.717, 1.165) is 0 Å². The Hall–Kier alpha value is -4.40. The first-order valence-corrected chi connectivity index (χ1v) is 11.1. The summed E-state index contributed by atoms with van der Waals surface area (Å²) in [7, 11) is 0. The average molecular weight is 496 g/mol. The Morgan fingerprint density at radius 2 is 1.97 bits per heavy atom. The molecule has 9 nitrogen and oxygen atoms in total. The molecule has 2 N–H and O–H groups in total. The third-order valence-electron chi connectivity index (χ3n) is 5.47. The number of anilines is 2. The van der Waals surface area contributed by atoms with E-state index in [4.69, 9.17) is 5.26 Å². The van der Waals surface area contributed by atoms with Gasteiger partial charge in [-0.2, -0.15) is 10.4 Å². The van der Waals surface area contributed by atoms with Gasteiger partial charge in [-0.1, -0.05) is 13.8 Å². The first kappa shape index (κ1) is 24.7. The molecule has 0 aromatic carbocycles. The number of nitrogens with one attached hydrogen (secondary N) is 2. The lowest BCUT2D eigenvalue weighted by molar-refractivity contribution is 0.0935. The summed E-state index contributed by atoms with van der Waals surface area (Å²) in [6, 6.07) is 5.20. The number of nitriles is 1. The number of halogens is 3. The van der Waals surface area contributed by atoms with E-state index in [-0.39, 0.29) is 18.0 Å². The smallest absolute Gasteiger partial charge is 0.256 e. The summed E-state index contributed by atoms with van der Waals surface area (Å²) >= 11 is 0. The van der Waals surface area contributed by atoms with Gasteiger partial charge >= 0.3 is 0 Å². The highest BCUT2D eigenvalue weighted by Gasteiger charge is 2.19. The number of aromatic nitrogens is 5. The Kier molecular flexibility index (Phi) is 7.19. The van der Waals surface area contributed by atoms with Crippen molar-refractivity contribution in [3.05, 3.63) is 60.4 Å². The average Bonchev–Trinajstić information content (AvgIpc) is 3.47. The van der Waals surface area contributed by atoms with E-state index in [1.807, 2.05) is 6.07 Å². The van der Waals surface area contributed by atoms with Crippen LogP contribution in [0.2, 0.25) is 0 Å². The van der Waals surface area contributed by atoms with Crippen LogP contribution >= 0.6 is 0 Å². The molecule has 0 radical (unpaired) electrons. The van der Waals surface area contributed by atoms with Gasteiger partial charge in [0.25, 0.3) is 12.3 Å². The van der Waals surface area contributed by atoms with E-state index >= 15 is 0 Å². The highest BCUT2D eigenvalue weighted by atomic mass is 19.3. The number of amides is 1. The van der Waals surface area contributed by atoms with Gasteiger partial charge in [0.15, 0.2) is 5.65 Å². The molecule has 0 bridgehead atoms. The van der Waals surface area contributed by atoms with E-state index in [2.05, 4.69) is 25.7 Å². The molecule has 4 rings (SSSR count). The number of pyridine rings is 1. The quantitative estimate of drug-likeness (QED) is 0.359. The Bertz CT molecular complexity index is 1420. The Morgan fingerprint density at radius 1 is 1.17 bits per heavy atom. The lowest BCUT2D eigenvalue weighted by Crippen LogP contribution is -2.32. The number of rotatable bonds is 9. The van der Waals surface area contributed by atoms with Crippen LogP contribution in [0, 0.1) is 17.2 Å². The number of hydrogen-bond acceptors (Lipinski definition) is 6. The molecule has 4 aromatic heterocycles. The Balaban J connectivity index is 1.69. The molecule has 0 saturated carbocycles. The van der Waals surface area contributed by atoms with Gasteiger partial charge in [-0.3, -0.25) is 9.78 Å². The number of carbonyl (C=O) groups is 1. The molecule has 0 saturated heterocycles. The van der Waals surface area contributed by atoms with Gasteiger partial charge in [0, 0.05) is 31.3 Å². The summed E-state index contributed by atoms with van der Waals surface area (Å²) < 4.78 is 42.3. The number of hydrogen-bond donors (Lipinski definition) is 2. The predicted octanol–water partition coefficient (Wildman–Crippen LogP) is 4.20. The van der Waals surface area contributed by atoms with Crippen molar-refractivity contribution in [2.75, 3.05) is 11.9 Å². The summed E-state index contributed by atoms with van der Waals surface area (Å²) in [6.07, 6.45) is 5.07. The molecule has 0 aliphatic rings. The normalized spacial score (nSPS) is 12.2. The highest BCUT2D eigenvalue weighted by molar-refractivity contribution is 6.00. The molecule has 1 unspecified atom stereocenters. The summed E-state index contributed by atoms with van der Waals surface area (Å²) in [6.45, 7) is 2.80. The van der Waals surface area contributed by atoms with Crippen LogP contribution in [0.3, 0.4) is 0 Å². The molecule has 4 heterocycles. The second-order valence-corrected chi connectivity index (χ2v) is 8.48. The van der Waals surface area contributed by atoms with E-state index in [1.165, 1.54) is 46.3 Å². The topological polar surface area (TPSA) is 113 Å². The molecule has 4 aromatic rings. The third kappa shape index (κ3) is 5.46. The van der Waals surface area contributed by atoms with Gasteiger partial charge in [0.1, 0.15) is 12.2 Å². The molecule has 36 heavy (non-hydrogen) atoms. The highest BCUT2D eigenvalue weighted by Crippen LogP contribution is 2.28. The van der Waals surface area contributed by atoms with Crippen LogP contribution in [-0.2, 0) is 6.54 Å². The van der Waals surface area contributed by atoms with Gasteiger partial charge in [-0.05, 0) is 18.1 Å². The van der Waals surface area contributed by atoms with Crippen molar-refractivity contribution in [2.45, 2.75) is 33.0 Å². The van der Waals surface area contributed by atoms with Crippen LogP contribution in [0.4, 0.5) is 24.5 Å². The van der Waals surface area contributed by atoms with Crippen molar-refractivity contribution in [1.82, 2.24) is 29.5 Å². The Morgan fingerprint density at radius 3 is 2.69 bits per heavy atom. The van der Waals surface area contributed by atoms with Crippen molar-refractivity contribution >= 4 is 22.9 Å². The first-order chi connectivity index (χ1) is 17.2. The molecule has 12 heteroatoms. The minimum absolute atomic E-state index is 0.146. The zero-order chi connectivity index (χ0) is 25.8. The maximum Gasteiger partial charge on any atom is 0.256 e. The van der Waals surface area contributed by atoms with Gasteiger partial charge in [-0.25, -0.2) is 22.7 Å². The molecule has 1 atom stereocenters. The fraction of sp³-hybridized carbons (Fsp3) is 0.292. The van der Waals surface area contributed by atoms with E-state index in [9.17, 15) is 18.0 Å². The molecule has 0 spiro atoms. The van der Waals surface area contributed by atoms with Crippen LogP contribution in [0.5, 0.6) is 0 Å². The van der Waals surface area contributed by atoms with Crippen LogP contribution < -0.4 is 10.6 Å². The minimum atomic E-state index is -2.52. The van der Waals surface area contributed by atoms with Crippen LogP contribution in [0.1, 0.15) is 29.8 Å². The third-order valence-corrected chi connectivity index (χ3v) is 5.47. The standard InChI is InChI=1S/C24H23F3N8O/c1-14(2)19(25)10-31-24(36)18-8-29-20(17-9-32-35-11-15(6-28)7-30-23(17)35)5-21(18)33-16-3-4-34(12-16)13-22(26)27/h3-5,7-9,11-12,14,19,22H,10,13H2,1-2H3,(H,29,33)(H,31,36). The lowest BCUT2D eigenvalue weighted by Gasteiger charge is -2.15. The SMILES string of the molecule is CC(C)C(F)CNC(=O)c1cnc(-c2cnn3cc(C#N)cnc23)cc1Nc1ccn(CC(F)F)c1. The van der Waals surface area contributed by atoms with Crippen molar-refractivity contribution in [3.63, 3.8) is 0 Å². The largest absolute Gasteiger partial charge is 0.354 e. The van der Waals surface area contributed by atoms with Crippen LogP contribution in [0.15, 0.2) is 49.3 Å². The summed E-state index contributed by atoms with van der Waals surface area (Å²) in [5, 5.41) is 19.0. The maximum atomic E-state index is 14.1. The first-order valence-electron chi connectivity index (χ1n) is 11.1. The van der Waals surface area contributed by atoms with Crippen molar-refractivity contribution < 1.29 is 18.0 Å². The number of fused-ring (bicyclic) bond motifs is 1. The van der Waals surface area contributed by atoms with E-state index in [0.29, 0.717) is 33.8 Å². The Labute approximate surface area is 204 Å². The van der Waals surface area contributed by atoms with E-state index < -0.39 is 25.0 Å². The minimum Gasteiger partial charge on any atom is -0.354 e. The number of nitrogens with zero attached hydrogens (tertiary/aromatic N) is 6. The fourth-order valence-corrected chi connectivity index (χ4v) is 3.46.